The largest absolute Gasteiger partial charge is 0.493 e. The Morgan fingerprint density at radius 2 is 1.95 bits per heavy atom. The van der Waals surface area contributed by atoms with Gasteiger partial charge >= 0.3 is 0 Å². The summed E-state index contributed by atoms with van der Waals surface area (Å²) in [5, 5.41) is 10.7. The van der Waals surface area contributed by atoms with Gasteiger partial charge in [-0.2, -0.15) is 0 Å². The highest BCUT2D eigenvalue weighted by Crippen LogP contribution is 2.40. The third-order valence-electron chi connectivity index (χ3n) is 5.38. The van der Waals surface area contributed by atoms with Gasteiger partial charge in [0, 0.05) is 23.2 Å². The topological polar surface area (TPSA) is 130 Å². The van der Waals surface area contributed by atoms with Gasteiger partial charge in [-0.3, -0.25) is 24.6 Å². The molecule has 0 N–H and O–H groups in total. The average Bonchev–Trinajstić information content (AvgIpc) is 3.44. The summed E-state index contributed by atoms with van der Waals surface area (Å²) >= 11 is 7.12. The van der Waals surface area contributed by atoms with Gasteiger partial charge in [-0.1, -0.05) is 17.7 Å². The summed E-state index contributed by atoms with van der Waals surface area (Å²) in [5.41, 5.74) is 0.981. The zero-order valence-electron chi connectivity index (χ0n) is 19.0. The van der Waals surface area contributed by atoms with E-state index in [1.807, 2.05) is 0 Å². The first-order valence-electron chi connectivity index (χ1n) is 10.6. The summed E-state index contributed by atoms with van der Waals surface area (Å²) in [6, 6.07) is 10.8. The fourth-order valence-electron chi connectivity index (χ4n) is 3.55. The van der Waals surface area contributed by atoms with E-state index in [2.05, 4.69) is 4.98 Å². The first-order chi connectivity index (χ1) is 17.8. The van der Waals surface area contributed by atoms with Gasteiger partial charge in [0.15, 0.2) is 23.0 Å². The van der Waals surface area contributed by atoms with Crippen LogP contribution in [0.4, 0.5) is 10.5 Å². The number of nitro groups is 1. The number of nitrogens with zero attached hydrogens (tertiary/aromatic N) is 3. The van der Waals surface area contributed by atoms with Gasteiger partial charge in [-0.25, -0.2) is 4.98 Å². The number of amides is 2. The van der Waals surface area contributed by atoms with E-state index in [4.69, 9.17) is 30.5 Å². The molecule has 5 rings (SSSR count). The Kier molecular flexibility index (Phi) is 6.59. The minimum Gasteiger partial charge on any atom is -0.493 e. The predicted molar refractivity (Wildman–Crippen MR) is 133 cm³/mol. The number of hydrogen-bond acceptors (Lipinski definition) is 10. The Balaban J connectivity index is 1.33. The Morgan fingerprint density at radius 3 is 2.65 bits per heavy atom. The van der Waals surface area contributed by atoms with Crippen molar-refractivity contribution in [1.29, 1.82) is 0 Å². The van der Waals surface area contributed by atoms with Crippen molar-refractivity contribution < 1.29 is 33.5 Å². The predicted octanol–water partition coefficient (Wildman–Crippen LogP) is 5.41. The molecule has 1 aromatic heterocycles. The van der Waals surface area contributed by atoms with Crippen LogP contribution in [0.3, 0.4) is 0 Å². The zero-order chi connectivity index (χ0) is 26.1. The number of thioether (sulfide) groups is 1. The number of fused-ring (bicyclic) bond motifs is 1. The fraction of sp³-hybridized carbons (Fsp3) is 0.125. The molecule has 13 heteroatoms. The van der Waals surface area contributed by atoms with E-state index >= 15 is 0 Å². The van der Waals surface area contributed by atoms with Crippen molar-refractivity contribution >= 4 is 46.3 Å². The number of methoxy groups -OCH3 is 1. The maximum atomic E-state index is 13.0. The molecule has 0 unspecified atom stereocenters. The minimum atomic E-state index is -0.558. The molecule has 0 aliphatic carbocycles. The molecule has 37 heavy (non-hydrogen) atoms. The van der Waals surface area contributed by atoms with Crippen LogP contribution >= 0.6 is 23.4 Å². The molecule has 2 aliphatic heterocycles. The molecule has 3 aromatic rings. The van der Waals surface area contributed by atoms with E-state index in [1.54, 1.807) is 36.4 Å². The molecule has 0 bridgehead atoms. The fourth-order valence-corrected chi connectivity index (χ4v) is 4.60. The quantitative estimate of drug-likeness (QED) is 0.217. The smallest absolute Gasteiger partial charge is 0.293 e. The molecule has 188 valence electrons. The number of carbonyl (C=O) groups is 2. The lowest BCUT2D eigenvalue weighted by Crippen LogP contribution is -2.27. The van der Waals surface area contributed by atoms with Crippen molar-refractivity contribution in [2.24, 2.45) is 0 Å². The first kappa shape index (κ1) is 24.4. The normalized spacial score (nSPS) is 15.4. The van der Waals surface area contributed by atoms with Crippen LogP contribution in [0.25, 0.3) is 6.08 Å². The summed E-state index contributed by atoms with van der Waals surface area (Å²) < 4.78 is 21.7. The van der Waals surface area contributed by atoms with E-state index < -0.39 is 16.1 Å². The summed E-state index contributed by atoms with van der Waals surface area (Å²) in [7, 11) is 1.44. The maximum absolute atomic E-state index is 13.0. The molecular weight excluding hydrogens is 526 g/mol. The highest BCUT2D eigenvalue weighted by Gasteiger charge is 2.35. The number of aromatic nitrogens is 1. The lowest BCUT2D eigenvalue weighted by molar-refractivity contribution is -0.385. The van der Waals surface area contributed by atoms with E-state index in [9.17, 15) is 19.7 Å². The van der Waals surface area contributed by atoms with Gasteiger partial charge in [0.2, 0.25) is 12.7 Å². The van der Waals surface area contributed by atoms with Gasteiger partial charge in [-0.15, -0.1) is 0 Å². The number of rotatable bonds is 7. The van der Waals surface area contributed by atoms with Gasteiger partial charge in [-0.05, 0) is 47.2 Å². The average molecular weight is 542 g/mol. The minimum absolute atomic E-state index is 0.0180. The van der Waals surface area contributed by atoms with Crippen molar-refractivity contribution in [3.63, 3.8) is 0 Å². The second kappa shape index (κ2) is 9.99. The summed E-state index contributed by atoms with van der Waals surface area (Å²) in [4.78, 5) is 41.1. The van der Waals surface area contributed by atoms with Crippen molar-refractivity contribution in [1.82, 2.24) is 9.88 Å². The van der Waals surface area contributed by atoms with Gasteiger partial charge in [0.1, 0.15) is 6.20 Å². The molecule has 2 aromatic carbocycles. The Labute approximate surface area is 218 Å². The second-order valence-electron chi connectivity index (χ2n) is 7.69. The number of pyridine rings is 1. The van der Waals surface area contributed by atoms with E-state index in [-0.39, 0.29) is 29.8 Å². The van der Waals surface area contributed by atoms with Crippen LogP contribution in [0.15, 0.2) is 53.6 Å². The third kappa shape index (κ3) is 5.01. The second-order valence-corrected chi connectivity index (χ2v) is 9.09. The number of hydrogen-bond donors (Lipinski definition) is 0. The molecule has 0 atom stereocenters. The SMILES string of the molecule is COc1cc(/C=C2/SC(=O)N(Cc3cc4c(cc3Cl)OCO4)C2=O)ccc1Oc1ccc([N+](=O)[O-])cn1. The number of imide groups is 1. The van der Waals surface area contributed by atoms with Crippen LogP contribution in [-0.4, -0.2) is 39.9 Å². The van der Waals surface area contributed by atoms with Gasteiger partial charge < -0.3 is 18.9 Å². The molecule has 2 aliphatic rings. The Bertz CT molecular complexity index is 1460. The monoisotopic (exact) mass is 541 g/mol. The molecular formula is C24H16ClN3O8S. The van der Waals surface area contributed by atoms with Crippen molar-refractivity contribution in [3.05, 3.63) is 79.8 Å². The maximum Gasteiger partial charge on any atom is 0.293 e. The summed E-state index contributed by atoms with van der Waals surface area (Å²) in [6.07, 6.45) is 2.66. The number of halogens is 1. The van der Waals surface area contributed by atoms with Crippen molar-refractivity contribution in [2.45, 2.75) is 6.54 Å². The lowest BCUT2D eigenvalue weighted by Gasteiger charge is -2.14. The molecule has 0 saturated carbocycles. The number of ether oxygens (including phenoxy) is 4. The Morgan fingerprint density at radius 1 is 1.16 bits per heavy atom. The summed E-state index contributed by atoms with van der Waals surface area (Å²) in [6.45, 7) is 0.0624. The molecule has 1 saturated heterocycles. The van der Waals surface area contributed by atoms with Crippen molar-refractivity contribution in [3.8, 4) is 28.9 Å². The van der Waals surface area contributed by atoms with Gasteiger partial charge in [0.25, 0.3) is 16.8 Å². The highest BCUT2D eigenvalue weighted by molar-refractivity contribution is 8.18. The third-order valence-corrected chi connectivity index (χ3v) is 6.63. The van der Waals surface area contributed by atoms with Crippen LogP contribution in [0.1, 0.15) is 11.1 Å². The zero-order valence-corrected chi connectivity index (χ0v) is 20.6. The van der Waals surface area contributed by atoms with Crippen LogP contribution in [0.2, 0.25) is 5.02 Å². The molecule has 0 radical (unpaired) electrons. The molecule has 0 spiro atoms. The first-order valence-corrected chi connectivity index (χ1v) is 11.8. The number of carbonyl (C=O) groups excluding carboxylic acids is 2. The Hall–Kier alpha value is -4.29. The molecule has 3 heterocycles. The lowest BCUT2D eigenvalue weighted by atomic mass is 10.1. The van der Waals surface area contributed by atoms with E-state index in [0.717, 1.165) is 22.9 Å². The van der Waals surface area contributed by atoms with Crippen molar-refractivity contribution in [2.75, 3.05) is 13.9 Å². The molecule has 11 nitrogen and oxygen atoms in total. The summed E-state index contributed by atoms with van der Waals surface area (Å²) in [5.74, 6) is 1.33. The van der Waals surface area contributed by atoms with E-state index in [1.165, 1.54) is 19.2 Å². The van der Waals surface area contributed by atoms with E-state index in [0.29, 0.717) is 39.1 Å². The van der Waals surface area contributed by atoms with Gasteiger partial charge in [0.05, 0.1) is 23.5 Å². The molecule has 2 amide bonds. The highest BCUT2D eigenvalue weighted by atomic mass is 35.5. The van der Waals surface area contributed by atoms with Crippen LogP contribution < -0.4 is 18.9 Å². The van der Waals surface area contributed by atoms with Crippen LogP contribution in [-0.2, 0) is 11.3 Å². The van der Waals surface area contributed by atoms with Crippen LogP contribution in [0, 0.1) is 10.1 Å². The standard InChI is InChI=1S/C24H16ClN3O8S/c1-33-18-6-13(2-4-17(18)36-22-5-3-15(10-26-22)28(31)32)7-21-23(29)27(24(30)37-21)11-14-8-19-20(9-16(14)25)35-12-34-19/h2-10H,11-12H2,1H3/b21-7+. The number of benzene rings is 2. The van der Waals surface area contributed by atoms with Crippen LogP contribution in [0.5, 0.6) is 28.9 Å². The molecule has 1 fully saturated rings.